The second-order valence-corrected chi connectivity index (χ2v) is 8.05. The van der Waals surface area contributed by atoms with Gasteiger partial charge in [0.15, 0.2) is 0 Å². The highest BCUT2D eigenvalue weighted by Gasteiger charge is 2.22. The number of anilines is 2. The highest BCUT2D eigenvalue weighted by Crippen LogP contribution is 2.36. The van der Waals surface area contributed by atoms with Crippen LogP contribution in [0.1, 0.15) is 16.1 Å². The van der Waals surface area contributed by atoms with Gasteiger partial charge in [0.1, 0.15) is 11.4 Å². The highest BCUT2D eigenvalue weighted by molar-refractivity contribution is 5.98. The average molecular weight is 478 g/mol. The number of fused-ring (bicyclic) bond motifs is 1. The normalized spacial score (nSPS) is 13.4. The van der Waals surface area contributed by atoms with Crippen LogP contribution >= 0.6 is 0 Å². The zero-order chi connectivity index (χ0) is 24.5. The third-order valence-corrected chi connectivity index (χ3v) is 5.61. The summed E-state index contributed by atoms with van der Waals surface area (Å²) in [6, 6.07) is 8.19. The molecule has 1 aliphatic heterocycles. The van der Waals surface area contributed by atoms with Crippen molar-refractivity contribution in [3.05, 3.63) is 53.7 Å². The quantitative estimate of drug-likeness (QED) is 0.346. The predicted molar refractivity (Wildman–Crippen MR) is 127 cm³/mol. The van der Waals surface area contributed by atoms with E-state index in [1.165, 1.54) is 20.3 Å². The molecule has 1 aliphatic rings. The molecule has 0 aliphatic carbocycles. The lowest BCUT2D eigenvalue weighted by Gasteiger charge is -2.26. The van der Waals surface area contributed by atoms with E-state index >= 15 is 0 Å². The molecule has 1 saturated heterocycles. The third-order valence-electron chi connectivity index (χ3n) is 5.61. The lowest BCUT2D eigenvalue weighted by atomic mass is 10.1. The van der Waals surface area contributed by atoms with Crippen molar-refractivity contribution in [3.8, 4) is 22.8 Å². The smallest absolute Gasteiger partial charge is 0.251 e. The monoisotopic (exact) mass is 478 g/mol. The predicted octanol–water partition coefficient (Wildman–Crippen LogP) is 3.36. The first kappa shape index (κ1) is 22.5. The minimum atomic E-state index is -0.572. The number of H-pyrrole nitrogens is 1. The summed E-state index contributed by atoms with van der Waals surface area (Å²) >= 11 is 0. The van der Waals surface area contributed by atoms with Crippen LogP contribution in [-0.2, 0) is 4.74 Å². The molecule has 5 rings (SSSR count). The van der Waals surface area contributed by atoms with E-state index in [4.69, 9.17) is 14.2 Å². The van der Waals surface area contributed by atoms with E-state index in [1.807, 2.05) is 0 Å². The summed E-state index contributed by atoms with van der Waals surface area (Å²) in [7, 11) is 3.02. The standard InChI is InChI=1S/C24H23FN6O4/c1-12-6-14(8-19(25)27-12)16-9-26-21-20(16)23(34-3)31-24(30-21)29-17-5-4-13(7-18(17)33-2)22(32)28-15-10-35-11-15/h4-9,15H,10-11H2,1-3H3,(H,28,32)(H2,26,29,30,31). The number of hydrogen-bond donors (Lipinski definition) is 3. The molecular weight excluding hydrogens is 455 g/mol. The Bertz CT molecular complexity index is 1400. The summed E-state index contributed by atoms with van der Waals surface area (Å²) in [5.41, 5.74) is 3.41. The Kier molecular flexibility index (Phi) is 5.91. The third kappa shape index (κ3) is 4.45. The molecule has 11 heteroatoms. The molecule has 10 nitrogen and oxygen atoms in total. The van der Waals surface area contributed by atoms with Crippen LogP contribution in [0.25, 0.3) is 22.2 Å². The second-order valence-electron chi connectivity index (χ2n) is 8.05. The van der Waals surface area contributed by atoms with Gasteiger partial charge in [0, 0.05) is 29.1 Å². The Balaban J connectivity index is 1.46. The van der Waals surface area contributed by atoms with E-state index in [0.29, 0.717) is 63.9 Å². The molecule has 3 N–H and O–H groups in total. The SMILES string of the molecule is COc1cc(C(=O)NC2COC2)ccc1Nc1nc(OC)c2c(-c3cc(C)nc(F)c3)c[nH]c2n1. The van der Waals surface area contributed by atoms with E-state index < -0.39 is 5.95 Å². The van der Waals surface area contributed by atoms with Crippen LogP contribution in [0.15, 0.2) is 36.5 Å². The van der Waals surface area contributed by atoms with E-state index in [2.05, 4.69) is 30.6 Å². The maximum atomic E-state index is 13.9. The molecule has 0 bridgehead atoms. The molecule has 0 radical (unpaired) electrons. The summed E-state index contributed by atoms with van der Waals surface area (Å²) in [5.74, 6) is 0.227. The van der Waals surface area contributed by atoms with E-state index in [1.54, 1.807) is 37.4 Å². The van der Waals surface area contributed by atoms with Crippen LogP contribution in [0.4, 0.5) is 16.0 Å². The number of nitrogens with one attached hydrogen (secondary N) is 3. The van der Waals surface area contributed by atoms with Crippen molar-refractivity contribution in [2.45, 2.75) is 13.0 Å². The number of ether oxygens (including phenoxy) is 3. The number of pyridine rings is 1. The number of aromatic nitrogens is 4. The minimum absolute atomic E-state index is 0.0251. The van der Waals surface area contributed by atoms with Crippen molar-refractivity contribution < 1.29 is 23.4 Å². The van der Waals surface area contributed by atoms with Crippen LogP contribution in [0.3, 0.4) is 0 Å². The molecule has 4 heterocycles. The first-order valence-corrected chi connectivity index (χ1v) is 10.9. The number of nitrogens with zero attached hydrogens (tertiary/aromatic N) is 3. The Hall–Kier alpha value is -4.25. The minimum Gasteiger partial charge on any atom is -0.495 e. The first-order chi connectivity index (χ1) is 16.9. The second kappa shape index (κ2) is 9.18. The molecule has 1 aromatic carbocycles. The van der Waals surface area contributed by atoms with Gasteiger partial charge in [0.05, 0.1) is 44.5 Å². The fourth-order valence-corrected chi connectivity index (χ4v) is 3.86. The average Bonchev–Trinajstić information content (AvgIpc) is 3.24. The maximum Gasteiger partial charge on any atom is 0.251 e. The molecule has 0 unspecified atom stereocenters. The zero-order valence-electron chi connectivity index (χ0n) is 19.3. The number of carbonyl (C=O) groups is 1. The van der Waals surface area contributed by atoms with E-state index in [9.17, 15) is 9.18 Å². The van der Waals surface area contributed by atoms with Gasteiger partial charge in [-0.05, 0) is 36.8 Å². The maximum absolute atomic E-state index is 13.9. The number of aromatic amines is 1. The molecule has 0 atom stereocenters. The van der Waals surface area contributed by atoms with Crippen LogP contribution in [-0.4, -0.2) is 59.3 Å². The number of aryl methyl sites for hydroxylation is 1. The van der Waals surface area contributed by atoms with Crippen LogP contribution in [0.2, 0.25) is 0 Å². The highest BCUT2D eigenvalue weighted by atomic mass is 19.1. The van der Waals surface area contributed by atoms with Crippen LogP contribution in [0, 0.1) is 12.9 Å². The lowest BCUT2D eigenvalue weighted by molar-refractivity contribution is -0.00346. The van der Waals surface area contributed by atoms with Gasteiger partial charge in [0.2, 0.25) is 17.8 Å². The summed E-state index contributed by atoms with van der Waals surface area (Å²) in [6.07, 6.45) is 1.72. The lowest BCUT2D eigenvalue weighted by Crippen LogP contribution is -2.48. The fraction of sp³-hybridized carbons (Fsp3) is 0.250. The molecule has 1 fully saturated rings. The summed E-state index contributed by atoms with van der Waals surface area (Å²) < 4.78 is 30.0. The molecule has 180 valence electrons. The van der Waals surface area contributed by atoms with Gasteiger partial charge in [-0.25, -0.2) is 4.98 Å². The van der Waals surface area contributed by atoms with Gasteiger partial charge < -0.3 is 29.8 Å². The molecule has 1 amide bonds. The number of methoxy groups -OCH3 is 2. The number of halogens is 1. The van der Waals surface area contributed by atoms with Crippen molar-refractivity contribution in [3.63, 3.8) is 0 Å². The van der Waals surface area contributed by atoms with Gasteiger partial charge in [0.25, 0.3) is 5.91 Å². The van der Waals surface area contributed by atoms with Crippen molar-refractivity contribution in [2.24, 2.45) is 0 Å². The fourth-order valence-electron chi connectivity index (χ4n) is 3.86. The Labute approximate surface area is 199 Å². The molecule has 0 spiro atoms. The van der Waals surface area contributed by atoms with E-state index in [-0.39, 0.29) is 17.9 Å². The zero-order valence-corrected chi connectivity index (χ0v) is 19.3. The van der Waals surface area contributed by atoms with E-state index in [0.717, 1.165) is 0 Å². The summed E-state index contributed by atoms with van der Waals surface area (Å²) in [5, 5.41) is 6.63. The van der Waals surface area contributed by atoms with Gasteiger partial charge in [-0.1, -0.05) is 0 Å². The number of benzene rings is 1. The van der Waals surface area contributed by atoms with Crippen molar-refractivity contribution in [1.82, 2.24) is 25.3 Å². The largest absolute Gasteiger partial charge is 0.495 e. The Morgan fingerprint density at radius 3 is 2.66 bits per heavy atom. The summed E-state index contributed by atoms with van der Waals surface area (Å²) in [6.45, 7) is 2.75. The number of rotatable bonds is 7. The first-order valence-electron chi connectivity index (χ1n) is 10.9. The van der Waals surface area contributed by atoms with Gasteiger partial charge in [-0.15, -0.1) is 0 Å². The number of amides is 1. The molecule has 35 heavy (non-hydrogen) atoms. The van der Waals surface area contributed by atoms with Gasteiger partial charge in [-0.3, -0.25) is 4.79 Å². The number of hydrogen-bond acceptors (Lipinski definition) is 8. The topological polar surface area (TPSA) is 123 Å². The Morgan fingerprint density at radius 1 is 1.14 bits per heavy atom. The molecule has 3 aromatic heterocycles. The Morgan fingerprint density at radius 2 is 1.97 bits per heavy atom. The van der Waals surface area contributed by atoms with Gasteiger partial charge >= 0.3 is 0 Å². The molecule has 4 aromatic rings. The number of carbonyl (C=O) groups excluding carboxylic acids is 1. The summed E-state index contributed by atoms with van der Waals surface area (Å²) in [4.78, 5) is 28.4. The molecule has 0 saturated carbocycles. The van der Waals surface area contributed by atoms with Crippen molar-refractivity contribution in [2.75, 3.05) is 32.8 Å². The van der Waals surface area contributed by atoms with Gasteiger partial charge in [-0.2, -0.15) is 14.4 Å². The van der Waals surface area contributed by atoms with Crippen molar-refractivity contribution >= 4 is 28.6 Å². The van der Waals surface area contributed by atoms with Crippen LogP contribution < -0.4 is 20.1 Å². The van der Waals surface area contributed by atoms with Crippen LogP contribution in [0.5, 0.6) is 11.6 Å². The van der Waals surface area contributed by atoms with Crippen molar-refractivity contribution in [1.29, 1.82) is 0 Å². The molecular formula is C24H23FN6O4.